The Labute approximate surface area is 201 Å². The number of nitrogens with zero attached hydrogens (tertiary/aromatic N) is 4. The predicted molar refractivity (Wildman–Crippen MR) is 135 cm³/mol. The molecule has 0 bridgehead atoms. The van der Waals surface area contributed by atoms with Gasteiger partial charge in [-0.25, -0.2) is 9.48 Å². The number of aromatic nitrogens is 3. The van der Waals surface area contributed by atoms with Gasteiger partial charge in [-0.15, -0.1) is 24.0 Å². The fraction of sp³-hybridized carbons (Fsp3) is 0.591. The zero-order chi connectivity index (χ0) is 21.3. The lowest BCUT2D eigenvalue weighted by Crippen LogP contribution is -2.38. The summed E-state index contributed by atoms with van der Waals surface area (Å²) in [6.45, 7) is 7.73. The fourth-order valence-corrected chi connectivity index (χ4v) is 3.69. The molecule has 8 nitrogen and oxygen atoms in total. The highest BCUT2D eigenvalue weighted by molar-refractivity contribution is 14.0. The summed E-state index contributed by atoms with van der Waals surface area (Å²) in [7, 11) is 1.70. The number of aliphatic imine (C=N–C) groups is 1. The zero-order valence-corrected chi connectivity index (χ0v) is 21.1. The van der Waals surface area contributed by atoms with Gasteiger partial charge in [0.25, 0.3) is 0 Å². The molecule has 1 aliphatic rings. The minimum atomic E-state index is 0. The van der Waals surface area contributed by atoms with Gasteiger partial charge in [-0.1, -0.05) is 12.1 Å². The average molecular weight is 542 g/mol. The highest BCUT2D eigenvalue weighted by atomic mass is 127. The topological polar surface area (TPSA) is 85.5 Å². The van der Waals surface area contributed by atoms with Gasteiger partial charge in [-0.05, 0) is 56.7 Å². The Morgan fingerprint density at radius 2 is 2.13 bits per heavy atom. The highest BCUT2D eigenvalue weighted by Crippen LogP contribution is 2.19. The second-order valence-corrected chi connectivity index (χ2v) is 7.63. The van der Waals surface area contributed by atoms with Crippen LogP contribution in [0.1, 0.15) is 43.1 Å². The normalized spacial score (nSPS) is 13.3. The first-order valence-corrected chi connectivity index (χ1v) is 10.9. The van der Waals surface area contributed by atoms with Crippen LogP contribution in [0.4, 0.5) is 0 Å². The third-order valence-corrected chi connectivity index (χ3v) is 5.35. The van der Waals surface area contributed by atoms with Crippen LogP contribution in [0.15, 0.2) is 28.0 Å². The molecule has 2 aromatic rings. The van der Waals surface area contributed by atoms with E-state index in [2.05, 4.69) is 45.8 Å². The molecule has 0 saturated carbocycles. The van der Waals surface area contributed by atoms with Crippen molar-refractivity contribution in [1.82, 2.24) is 25.0 Å². The molecule has 1 aliphatic heterocycles. The number of rotatable bonds is 9. The molecule has 172 valence electrons. The highest BCUT2D eigenvalue weighted by Gasteiger charge is 2.16. The van der Waals surface area contributed by atoms with Crippen LogP contribution in [0.25, 0.3) is 0 Å². The van der Waals surface area contributed by atoms with E-state index < -0.39 is 0 Å². The van der Waals surface area contributed by atoms with Crippen LogP contribution in [-0.4, -0.2) is 47.1 Å². The first-order valence-electron chi connectivity index (χ1n) is 10.9. The molecule has 0 saturated heterocycles. The minimum absolute atomic E-state index is 0. The molecular weight excluding hydrogens is 507 g/mol. The van der Waals surface area contributed by atoms with Gasteiger partial charge >= 0.3 is 5.69 Å². The first kappa shape index (κ1) is 25.2. The Bertz CT molecular complexity index is 921. The molecule has 0 fully saturated rings. The Hall–Kier alpha value is -2.04. The Balaban J connectivity index is 0.00000341. The summed E-state index contributed by atoms with van der Waals surface area (Å²) in [6.07, 6.45) is 4.75. The summed E-state index contributed by atoms with van der Waals surface area (Å²) in [5.41, 5.74) is 2.39. The Kier molecular flexibility index (Phi) is 10.4. The number of hydrogen-bond donors (Lipinski definition) is 2. The van der Waals surface area contributed by atoms with Crippen molar-refractivity contribution in [2.24, 2.45) is 4.99 Å². The third kappa shape index (κ3) is 6.98. The largest absolute Gasteiger partial charge is 0.496 e. The van der Waals surface area contributed by atoms with Crippen molar-refractivity contribution in [2.75, 3.05) is 26.7 Å². The molecule has 0 radical (unpaired) electrons. The molecule has 0 atom stereocenters. The van der Waals surface area contributed by atoms with Gasteiger partial charge in [0.2, 0.25) is 0 Å². The Morgan fingerprint density at radius 1 is 1.29 bits per heavy atom. The maximum absolute atomic E-state index is 12.4. The summed E-state index contributed by atoms with van der Waals surface area (Å²) in [5.74, 6) is 2.65. The molecule has 0 aliphatic carbocycles. The van der Waals surface area contributed by atoms with Crippen molar-refractivity contribution in [2.45, 2.75) is 59.0 Å². The number of hydrogen-bond acceptors (Lipinski definition) is 4. The van der Waals surface area contributed by atoms with Crippen LogP contribution in [-0.2, 0) is 25.9 Å². The fourth-order valence-electron chi connectivity index (χ4n) is 3.69. The molecule has 0 amide bonds. The van der Waals surface area contributed by atoms with Crippen LogP contribution >= 0.6 is 24.0 Å². The van der Waals surface area contributed by atoms with Crippen molar-refractivity contribution >= 4 is 29.9 Å². The summed E-state index contributed by atoms with van der Waals surface area (Å²) in [4.78, 5) is 17.0. The van der Waals surface area contributed by atoms with Crippen LogP contribution in [0.2, 0.25) is 0 Å². The lowest BCUT2D eigenvalue weighted by molar-refractivity contribution is 0.411. The van der Waals surface area contributed by atoms with Gasteiger partial charge in [0, 0.05) is 39.1 Å². The summed E-state index contributed by atoms with van der Waals surface area (Å²) < 4.78 is 8.82. The lowest BCUT2D eigenvalue weighted by atomic mass is 10.1. The molecule has 1 aromatic carbocycles. The molecule has 2 N–H and O–H groups in total. The van der Waals surface area contributed by atoms with E-state index in [0.717, 1.165) is 74.8 Å². The maximum Gasteiger partial charge on any atom is 0.345 e. The van der Waals surface area contributed by atoms with E-state index in [1.54, 1.807) is 11.8 Å². The molecule has 0 spiro atoms. The van der Waals surface area contributed by atoms with Crippen LogP contribution < -0.4 is 21.1 Å². The van der Waals surface area contributed by atoms with Crippen LogP contribution in [0.3, 0.4) is 0 Å². The SMILES string of the molecule is CCNC(=NCCCn1nc2n(c1=O)CCCC2)NCCc1ccc(C)c(OC)c1.I. The van der Waals surface area contributed by atoms with Gasteiger partial charge in [-0.2, -0.15) is 5.10 Å². The lowest BCUT2D eigenvalue weighted by Gasteiger charge is -2.12. The smallest absolute Gasteiger partial charge is 0.345 e. The van der Waals surface area contributed by atoms with Gasteiger partial charge in [0.1, 0.15) is 11.6 Å². The number of guanidine groups is 1. The zero-order valence-electron chi connectivity index (χ0n) is 18.8. The molecule has 9 heteroatoms. The number of methoxy groups -OCH3 is 1. The molecule has 1 aromatic heterocycles. The predicted octanol–water partition coefficient (Wildman–Crippen LogP) is 2.50. The van der Waals surface area contributed by atoms with E-state index in [4.69, 9.17) is 4.74 Å². The monoisotopic (exact) mass is 542 g/mol. The minimum Gasteiger partial charge on any atom is -0.496 e. The van der Waals surface area contributed by atoms with Crippen LogP contribution in [0.5, 0.6) is 5.75 Å². The number of benzene rings is 1. The maximum atomic E-state index is 12.4. The molecule has 0 unspecified atom stereocenters. The Morgan fingerprint density at radius 3 is 2.87 bits per heavy atom. The average Bonchev–Trinajstić information content (AvgIpc) is 3.08. The summed E-state index contributed by atoms with van der Waals surface area (Å²) in [6, 6.07) is 6.30. The second-order valence-electron chi connectivity index (χ2n) is 7.63. The van der Waals surface area contributed by atoms with E-state index in [9.17, 15) is 4.79 Å². The number of ether oxygens (including phenoxy) is 1. The molecule has 2 heterocycles. The third-order valence-electron chi connectivity index (χ3n) is 5.35. The standard InChI is InChI=1S/C22H34N6O2.HI/c1-4-23-21(25-13-11-18-10-9-17(2)19(16-18)30-3)24-12-7-15-28-22(29)27-14-6-5-8-20(27)26-28;/h9-10,16H,4-8,11-15H2,1-3H3,(H2,23,24,25);1H. The van der Waals surface area contributed by atoms with Gasteiger partial charge in [-0.3, -0.25) is 9.56 Å². The molecule has 31 heavy (non-hydrogen) atoms. The van der Waals surface area contributed by atoms with Crippen molar-refractivity contribution in [3.63, 3.8) is 0 Å². The molecule has 3 rings (SSSR count). The van der Waals surface area contributed by atoms with E-state index in [0.29, 0.717) is 13.1 Å². The summed E-state index contributed by atoms with van der Waals surface area (Å²) >= 11 is 0. The quantitative estimate of drug-likeness (QED) is 0.220. The van der Waals surface area contributed by atoms with Gasteiger partial charge in [0.05, 0.1) is 7.11 Å². The number of halogens is 1. The van der Waals surface area contributed by atoms with E-state index in [-0.39, 0.29) is 29.7 Å². The second kappa shape index (κ2) is 12.7. The van der Waals surface area contributed by atoms with Crippen molar-refractivity contribution in [3.05, 3.63) is 45.6 Å². The van der Waals surface area contributed by atoms with Crippen molar-refractivity contribution in [1.29, 1.82) is 0 Å². The van der Waals surface area contributed by atoms with Gasteiger partial charge < -0.3 is 15.4 Å². The number of fused-ring (bicyclic) bond motifs is 1. The van der Waals surface area contributed by atoms with E-state index in [1.165, 1.54) is 5.56 Å². The summed E-state index contributed by atoms with van der Waals surface area (Å²) in [5, 5.41) is 11.1. The van der Waals surface area contributed by atoms with E-state index >= 15 is 0 Å². The van der Waals surface area contributed by atoms with Gasteiger partial charge in [0.15, 0.2) is 5.96 Å². The van der Waals surface area contributed by atoms with Crippen molar-refractivity contribution in [3.8, 4) is 5.75 Å². The number of aryl methyl sites for hydroxylation is 3. The van der Waals surface area contributed by atoms with Crippen molar-refractivity contribution < 1.29 is 4.74 Å². The van der Waals surface area contributed by atoms with E-state index in [1.807, 2.05) is 11.5 Å². The first-order chi connectivity index (χ1) is 14.6. The van der Waals surface area contributed by atoms with Crippen LogP contribution in [0, 0.1) is 6.92 Å². The molecular formula is C22H35IN6O2. The number of nitrogens with one attached hydrogen (secondary N) is 2.